The fourth-order valence-electron chi connectivity index (χ4n) is 2.00. The molecule has 0 unspecified atom stereocenters. The van der Waals surface area contributed by atoms with Gasteiger partial charge in [-0.15, -0.1) is 0 Å². The molecule has 6 nitrogen and oxygen atoms in total. The van der Waals surface area contributed by atoms with Crippen LogP contribution in [0.2, 0.25) is 0 Å². The smallest absolute Gasteiger partial charge is 0.280 e. The first-order valence-electron chi connectivity index (χ1n) is 6.56. The van der Waals surface area contributed by atoms with Crippen molar-refractivity contribution in [3.05, 3.63) is 44.5 Å². The zero-order valence-electron chi connectivity index (χ0n) is 11.8. The van der Waals surface area contributed by atoms with Gasteiger partial charge in [0.15, 0.2) is 5.82 Å². The number of nitrogens with one attached hydrogen (secondary N) is 1. The zero-order chi connectivity index (χ0) is 15.4. The Hall–Kier alpha value is -2.02. The van der Waals surface area contributed by atoms with Gasteiger partial charge in [0.2, 0.25) is 0 Å². The lowest BCUT2D eigenvalue weighted by molar-refractivity contribution is -0.384. The molecule has 2 rings (SSSR count). The second-order valence-electron chi connectivity index (χ2n) is 4.43. The fourth-order valence-corrected chi connectivity index (χ4v) is 2.58. The van der Waals surface area contributed by atoms with E-state index in [1.807, 2.05) is 0 Å². The molecule has 0 amide bonds. The van der Waals surface area contributed by atoms with Gasteiger partial charge in [-0.3, -0.25) is 10.1 Å². The molecule has 0 aliphatic heterocycles. The molecule has 0 aliphatic carbocycles. The van der Waals surface area contributed by atoms with E-state index in [2.05, 4.69) is 38.1 Å². The number of nitro benzene ring substituents is 1. The van der Waals surface area contributed by atoms with Gasteiger partial charge in [0.25, 0.3) is 5.69 Å². The van der Waals surface area contributed by atoms with Crippen LogP contribution in [-0.2, 0) is 6.42 Å². The molecule has 0 saturated carbocycles. The first kappa shape index (κ1) is 15.4. The maximum Gasteiger partial charge on any atom is 0.280 e. The normalized spacial score (nSPS) is 10.4. The van der Waals surface area contributed by atoms with Gasteiger partial charge in [-0.05, 0) is 28.4 Å². The lowest BCUT2D eigenvalue weighted by atomic mass is 10.1. The van der Waals surface area contributed by atoms with Crippen LogP contribution >= 0.6 is 15.9 Å². The van der Waals surface area contributed by atoms with Crippen LogP contribution in [0.25, 0.3) is 11.4 Å². The van der Waals surface area contributed by atoms with Crippen molar-refractivity contribution in [3.8, 4) is 11.4 Å². The first-order chi connectivity index (χ1) is 10.1. The van der Waals surface area contributed by atoms with Gasteiger partial charge < -0.3 is 5.32 Å². The lowest BCUT2D eigenvalue weighted by Crippen LogP contribution is -2.04. The van der Waals surface area contributed by atoms with E-state index in [4.69, 9.17) is 0 Å². The molecular weight excluding hydrogens is 336 g/mol. The molecule has 1 heterocycles. The molecule has 0 saturated heterocycles. The molecule has 0 aliphatic rings. The van der Waals surface area contributed by atoms with Crippen LogP contribution in [0.1, 0.15) is 19.0 Å². The van der Waals surface area contributed by atoms with Crippen molar-refractivity contribution in [1.29, 1.82) is 0 Å². The number of aryl methyl sites for hydroxylation is 1. The highest BCUT2D eigenvalue weighted by Gasteiger charge is 2.19. The minimum Gasteiger partial charge on any atom is -0.372 e. The van der Waals surface area contributed by atoms with Crippen molar-refractivity contribution in [2.45, 2.75) is 19.8 Å². The lowest BCUT2D eigenvalue weighted by Gasteiger charge is -2.10. The summed E-state index contributed by atoms with van der Waals surface area (Å²) in [5, 5.41) is 14.1. The minimum absolute atomic E-state index is 0.00400. The second kappa shape index (κ2) is 6.62. The highest BCUT2D eigenvalue weighted by Crippen LogP contribution is 2.31. The van der Waals surface area contributed by atoms with E-state index in [0.717, 1.165) is 23.0 Å². The van der Waals surface area contributed by atoms with Gasteiger partial charge in [-0.1, -0.05) is 25.5 Å². The molecule has 0 atom stereocenters. The molecule has 0 fully saturated rings. The molecule has 110 valence electrons. The van der Waals surface area contributed by atoms with Crippen LogP contribution < -0.4 is 5.32 Å². The molecule has 0 bridgehead atoms. The zero-order valence-corrected chi connectivity index (χ0v) is 13.3. The summed E-state index contributed by atoms with van der Waals surface area (Å²) in [6, 6.07) is 6.49. The van der Waals surface area contributed by atoms with Crippen LogP contribution in [0.5, 0.6) is 0 Å². The maximum atomic E-state index is 11.2. The van der Waals surface area contributed by atoms with Gasteiger partial charge in [0.1, 0.15) is 5.82 Å². The Kier molecular flexibility index (Phi) is 4.85. The number of nitrogens with zero attached hydrogens (tertiary/aromatic N) is 3. The van der Waals surface area contributed by atoms with E-state index in [1.165, 1.54) is 6.07 Å². The molecule has 21 heavy (non-hydrogen) atoms. The number of para-hydroxylation sites is 1. The summed E-state index contributed by atoms with van der Waals surface area (Å²) < 4.78 is 0.800. The Morgan fingerprint density at radius 2 is 2.05 bits per heavy atom. The average Bonchev–Trinajstić information content (AvgIpc) is 2.49. The number of halogens is 1. The average molecular weight is 351 g/mol. The van der Waals surface area contributed by atoms with Crippen LogP contribution in [0.15, 0.2) is 28.7 Å². The van der Waals surface area contributed by atoms with Gasteiger partial charge in [0.05, 0.1) is 20.7 Å². The van der Waals surface area contributed by atoms with E-state index >= 15 is 0 Å². The van der Waals surface area contributed by atoms with Crippen molar-refractivity contribution in [2.75, 3.05) is 12.4 Å². The van der Waals surface area contributed by atoms with Crippen LogP contribution in [0.4, 0.5) is 11.5 Å². The van der Waals surface area contributed by atoms with Crippen molar-refractivity contribution >= 4 is 27.4 Å². The third-order valence-electron chi connectivity index (χ3n) is 2.99. The number of hydrogen-bond acceptors (Lipinski definition) is 5. The van der Waals surface area contributed by atoms with Gasteiger partial charge in [-0.25, -0.2) is 9.97 Å². The van der Waals surface area contributed by atoms with Crippen molar-refractivity contribution in [2.24, 2.45) is 0 Å². The summed E-state index contributed by atoms with van der Waals surface area (Å²) in [6.45, 7) is 2.05. The SMILES string of the molecule is CCCc1nc(-c2ccccc2[N+](=O)[O-])nc(NC)c1Br. The molecule has 2 aromatic rings. The van der Waals surface area contributed by atoms with Crippen molar-refractivity contribution in [1.82, 2.24) is 9.97 Å². The summed E-state index contributed by atoms with van der Waals surface area (Å²) >= 11 is 3.48. The van der Waals surface area contributed by atoms with Crippen molar-refractivity contribution < 1.29 is 4.92 Å². The Balaban J connectivity index is 2.64. The first-order valence-corrected chi connectivity index (χ1v) is 7.35. The Labute approximate surface area is 130 Å². The Morgan fingerprint density at radius 1 is 1.33 bits per heavy atom. The summed E-state index contributed by atoms with van der Waals surface area (Å²) in [7, 11) is 1.76. The number of aromatic nitrogens is 2. The molecular formula is C14H15BrN4O2. The van der Waals surface area contributed by atoms with E-state index in [1.54, 1.807) is 25.2 Å². The van der Waals surface area contributed by atoms with E-state index in [0.29, 0.717) is 17.2 Å². The maximum absolute atomic E-state index is 11.2. The summed E-state index contributed by atoms with van der Waals surface area (Å²) in [5.74, 6) is 0.986. The number of benzene rings is 1. The number of hydrogen-bond donors (Lipinski definition) is 1. The fraction of sp³-hybridized carbons (Fsp3) is 0.286. The predicted octanol–water partition coefficient (Wildman–Crippen LogP) is 3.81. The standard InChI is InChI=1S/C14H15BrN4O2/c1-3-6-10-12(15)14(16-2)18-13(17-10)9-7-4-5-8-11(9)19(20)21/h4-5,7-8H,3,6H2,1-2H3,(H,16,17,18). The monoisotopic (exact) mass is 350 g/mol. The Bertz CT molecular complexity index is 676. The molecule has 1 N–H and O–H groups in total. The van der Waals surface area contributed by atoms with Crippen LogP contribution in [0.3, 0.4) is 0 Å². The second-order valence-corrected chi connectivity index (χ2v) is 5.22. The Morgan fingerprint density at radius 3 is 2.67 bits per heavy atom. The topological polar surface area (TPSA) is 81.0 Å². The van der Waals surface area contributed by atoms with E-state index < -0.39 is 4.92 Å². The predicted molar refractivity (Wildman–Crippen MR) is 85.4 cm³/mol. The van der Waals surface area contributed by atoms with Gasteiger partial charge in [-0.2, -0.15) is 0 Å². The molecule has 1 aromatic carbocycles. The number of anilines is 1. The summed E-state index contributed by atoms with van der Waals surface area (Å²) in [5.41, 5.74) is 1.26. The summed E-state index contributed by atoms with van der Waals surface area (Å²) in [6.07, 6.45) is 1.69. The summed E-state index contributed by atoms with van der Waals surface area (Å²) in [4.78, 5) is 19.6. The van der Waals surface area contributed by atoms with Crippen molar-refractivity contribution in [3.63, 3.8) is 0 Å². The van der Waals surface area contributed by atoms with Gasteiger partial charge >= 0.3 is 0 Å². The van der Waals surface area contributed by atoms with Gasteiger partial charge in [0, 0.05) is 13.1 Å². The van der Waals surface area contributed by atoms with Crippen LogP contribution in [0, 0.1) is 10.1 Å². The molecule has 7 heteroatoms. The quantitative estimate of drug-likeness (QED) is 0.654. The molecule has 0 radical (unpaired) electrons. The number of nitro groups is 1. The number of rotatable bonds is 5. The highest BCUT2D eigenvalue weighted by atomic mass is 79.9. The third-order valence-corrected chi connectivity index (χ3v) is 3.82. The van der Waals surface area contributed by atoms with E-state index in [9.17, 15) is 10.1 Å². The highest BCUT2D eigenvalue weighted by molar-refractivity contribution is 9.10. The largest absolute Gasteiger partial charge is 0.372 e. The minimum atomic E-state index is -0.417. The molecule has 1 aromatic heterocycles. The molecule has 0 spiro atoms. The third kappa shape index (κ3) is 3.18. The van der Waals surface area contributed by atoms with E-state index in [-0.39, 0.29) is 5.69 Å². The van der Waals surface area contributed by atoms with Crippen LogP contribution in [-0.4, -0.2) is 21.9 Å².